The van der Waals surface area contributed by atoms with Crippen LogP contribution >= 0.6 is 15.9 Å². The first kappa shape index (κ1) is 13.6. The molecule has 0 spiro atoms. The molecule has 0 radical (unpaired) electrons. The van der Waals surface area contributed by atoms with Gasteiger partial charge in [0.25, 0.3) is 0 Å². The summed E-state index contributed by atoms with van der Waals surface area (Å²) in [6, 6.07) is 13.3. The van der Waals surface area contributed by atoms with E-state index < -0.39 is 0 Å². The zero-order chi connectivity index (χ0) is 14.1. The molecule has 0 fully saturated rings. The number of benzene rings is 2. The Balaban J connectivity index is 1.96. The van der Waals surface area contributed by atoms with Crippen LogP contribution in [-0.2, 0) is 6.42 Å². The summed E-state index contributed by atoms with van der Waals surface area (Å²) in [5.74, 6) is -0.192. The van der Waals surface area contributed by atoms with Gasteiger partial charge in [0.05, 0.1) is 6.04 Å². The van der Waals surface area contributed by atoms with E-state index in [2.05, 4.69) is 33.0 Å². The number of halogens is 2. The van der Waals surface area contributed by atoms with Crippen LogP contribution in [0.1, 0.15) is 17.2 Å². The SMILES string of the molecule is NCC(c1ccc(Br)cc1)N1CCc2ccc(F)cc21. The molecule has 0 aromatic heterocycles. The Morgan fingerprint density at radius 2 is 1.95 bits per heavy atom. The van der Waals surface area contributed by atoms with Crippen LogP contribution in [0.4, 0.5) is 10.1 Å². The number of hydrogen-bond acceptors (Lipinski definition) is 2. The van der Waals surface area contributed by atoms with Crippen molar-refractivity contribution in [2.24, 2.45) is 5.73 Å². The van der Waals surface area contributed by atoms with Gasteiger partial charge in [0.2, 0.25) is 0 Å². The summed E-state index contributed by atoms with van der Waals surface area (Å²) < 4.78 is 14.5. The van der Waals surface area contributed by atoms with Gasteiger partial charge in [0, 0.05) is 23.2 Å². The maximum atomic E-state index is 13.5. The fraction of sp³-hybridized carbons (Fsp3) is 0.250. The minimum atomic E-state index is -0.192. The maximum absolute atomic E-state index is 13.5. The van der Waals surface area contributed by atoms with Crippen LogP contribution in [0.3, 0.4) is 0 Å². The lowest BCUT2D eigenvalue weighted by atomic mass is 10.1. The fourth-order valence-corrected chi connectivity index (χ4v) is 3.09. The molecule has 1 atom stereocenters. The van der Waals surface area contributed by atoms with Gasteiger partial charge in [-0.2, -0.15) is 0 Å². The molecule has 1 aliphatic heterocycles. The molecule has 0 saturated carbocycles. The van der Waals surface area contributed by atoms with Crippen molar-refractivity contribution in [1.29, 1.82) is 0 Å². The largest absolute Gasteiger partial charge is 0.363 e. The smallest absolute Gasteiger partial charge is 0.125 e. The zero-order valence-corrected chi connectivity index (χ0v) is 12.6. The Morgan fingerprint density at radius 3 is 2.65 bits per heavy atom. The Morgan fingerprint density at radius 1 is 1.20 bits per heavy atom. The van der Waals surface area contributed by atoms with Gasteiger partial charge < -0.3 is 10.6 Å². The van der Waals surface area contributed by atoms with E-state index >= 15 is 0 Å². The number of fused-ring (bicyclic) bond motifs is 1. The van der Waals surface area contributed by atoms with Crippen molar-refractivity contribution in [3.63, 3.8) is 0 Å². The van der Waals surface area contributed by atoms with E-state index in [0.717, 1.165) is 28.7 Å². The highest BCUT2D eigenvalue weighted by atomic mass is 79.9. The van der Waals surface area contributed by atoms with Crippen LogP contribution in [-0.4, -0.2) is 13.1 Å². The lowest BCUT2D eigenvalue weighted by Crippen LogP contribution is -2.32. The molecule has 2 aromatic rings. The summed E-state index contributed by atoms with van der Waals surface area (Å²) in [6.45, 7) is 1.40. The fourth-order valence-electron chi connectivity index (χ4n) is 2.83. The first-order valence-corrected chi connectivity index (χ1v) is 7.49. The number of hydrogen-bond donors (Lipinski definition) is 1. The predicted octanol–water partition coefficient (Wildman–Crippen LogP) is 3.65. The standard InChI is InChI=1S/C16H16BrFN2/c17-13-4-1-11(2-5-13)16(10-19)20-8-7-12-3-6-14(18)9-15(12)20/h1-6,9,16H,7-8,10,19H2. The van der Waals surface area contributed by atoms with Crippen molar-refractivity contribution < 1.29 is 4.39 Å². The molecule has 1 heterocycles. The molecule has 2 nitrogen and oxygen atoms in total. The normalized spacial score (nSPS) is 15.2. The summed E-state index contributed by atoms with van der Waals surface area (Å²) >= 11 is 3.44. The van der Waals surface area contributed by atoms with Crippen LogP contribution in [0, 0.1) is 5.82 Å². The van der Waals surface area contributed by atoms with Crippen LogP contribution in [0.25, 0.3) is 0 Å². The summed E-state index contributed by atoms with van der Waals surface area (Å²) in [5, 5.41) is 0. The zero-order valence-electron chi connectivity index (χ0n) is 11.0. The van der Waals surface area contributed by atoms with E-state index in [1.807, 2.05) is 18.2 Å². The summed E-state index contributed by atoms with van der Waals surface area (Å²) in [5.41, 5.74) is 9.30. The molecule has 2 N–H and O–H groups in total. The van der Waals surface area contributed by atoms with Crippen molar-refractivity contribution in [3.05, 3.63) is 63.9 Å². The highest BCUT2D eigenvalue weighted by Crippen LogP contribution is 2.35. The highest BCUT2D eigenvalue weighted by Gasteiger charge is 2.26. The van der Waals surface area contributed by atoms with Crippen LogP contribution < -0.4 is 10.6 Å². The number of nitrogens with two attached hydrogens (primary N) is 1. The number of rotatable bonds is 3. The van der Waals surface area contributed by atoms with Gasteiger partial charge in [-0.25, -0.2) is 4.39 Å². The minimum Gasteiger partial charge on any atom is -0.363 e. The second-order valence-electron chi connectivity index (χ2n) is 5.02. The molecule has 104 valence electrons. The van der Waals surface area contributed by atoms with E-state index in [0.29, 0.717) is 6.54 Å². The van der Waals surface area contributed by atoms with E-state index in [1.54, 1.807) is 6.07 Å². The van der Waals surface area contributed by atoms with Crippen molar-refractivity contribution in [2.75, 3.05) is 18.0 Å². The molecule has 20 heavy (non-hydrogen) atoms. The molecular weight excluding hydrogens is 319 g/mol. The third kappa shape index (κ3) is 2.45. The summed E-state index contributed by atoms with van der Waals surface area (Å²) in [4.78, 5) is 2.21. The van der Waals surface area contributed by atoms with Gasteiger partial charge in [0.15, 0.2) is 0 Å². The van der Waals surface area contributed by atoms with Crippen LogP contribution in [0.2, 0.25) is 0 Å². The minimum absolute atomic E-state index is 0.0890. The Bertz CT molecular complexity index is 612. The first-order valence-electron chi connectivity index (χ1n) is 6.69. The second-order valence-corrected chi connectivity index (χ2v) is 5.94. The van der Waals surface area contributed by atoms with E-state index in [-0.39, 0.29) is 11.9 Å². The van der Waals surface area contributed by atoms with Gasteiger partial charge in [0.1, 0.15) is 5.82 Å². The van der Waals surface area contributed by atoms with Gasteiger partial charge in [-0.05, 0) is 41.8 Å². The lowest BCUT2D eigenvalue weighted by Gasteiger charge is -2.30. The molecular formula is C16H16BrFN2. The summed E-state index contributed by atoms with van der Waals surface area (Å²) in [6.07, 6.45) is 0.947. The molecule has 4 heteroatoms. The third-order valence-electron chi connectivity index (χ3n) is 3.83. The lowest BCUT2D eigenvalue weighted by molar-refractivity contribution is 0.621. The van der Waals surface area contributed by atoms with Crippen molar-refractivity contribution >= 4 is 21.6 Å². The van der Waals surface area contributed by atoms with Crippen LogP contribution in [0.5, 0.6) is 0 Å². The molecule has 1 aliphatic rings. The second kappa shape index (κ2) is 5.54. The van der Waals surface area contributed by atoms with Gasteiger partial charge in [-0.3, -0.25) is 0 Å². The van der Waals surface area contributed by atoms with Crippen molar-refractivity contribution in [1.82, 2.24) is 0 Å². The van der Waals surface area contributed by atoms with Crippen molar-refractivity contribution in [2.45, 2.75) is 12.5 Å². The molecule has 1 unspecified atom stereocenters. The Kier molecular flexibility index (Phi) is 3.76. The maximum Gasteiger partial charge on any atom is 0.125 e. The monoisotopic (exact) mass is 334 g/mol. The Labute approximate surface area is 126 Å². The summed E-state index contributed by atoms with van der Waals surface area (Å²) in [7, 11) is 0. The number of anilines is 1. The molecule has 0 aliphatic carbocycles. The Hall–Kier alpha value is -1.39. The van der Waals surface area contributed by atoms with E-state index in [1.165, 1.54) is 11.6 Å². The average molecular weight is 335 g/mol. The topological polar surface area (TPSA) is 29.3 Å². The van der Waals surface area contributed by atoms with Crippen LogP contribution in [0.15, 0.2) is 46.9 Å². The predicted molar refractivity (Wildman–Crippen MR) is 83.4 cm³/mol. The first-order chi connectivity index (χ1) is 9.69. The quantitative estimate of drug-likeness (QED) is 0.928. The third-order valence-corrected chi connectivity index (χ3v) is 4.36. The van der Waals surface area contributed by atoms with E-state index in [9.17, 15) is 4.39 Å². The molecule has 2 aromatic carbocycles. The molecule has 0 amide bonds. The van der Waals surface area contributed by atoms with Gasteiger partial charge >= 0.3 is 0 Å². The van der Waals surface area contributed by atoms with Gasteiger partial charge in [-0.1, -0.05) is 34.1 Å². The highest BCUT2D eigenvalue weighted by molar-refractivity contribution is 9.10. The van der Waals surface area contributed by atoms with E-state index in [4.69, 9.17) is 5.73 Å². The number of nitrogens with zero attached hydrogens (tertiary/aromatic N) is 1. The average Bonchev–Trinajstić information content (AvgIpc) is 2.85. The van der Waals surface area contributed by atoms with Crippen molar-refractivity contribution in [3.8, 4) is 0 Å². The molecule has 3 rings (SSSR count). The van der Waals surface area contributed by atoms with Gasteiger partial charge in [-0.15, -0.1) is 0 Å². The molecule has 0 saturated heterocycles. The molecule has 0 bridgehead atoms.